The normalized spacial score (nSPS) is 12.2. The van der Waals surface area contributed by atoms with Crippen LogP contribution >= 0.6 is 15.9 Å². The molecule has 0 saturated carbocycles. The third-order valence-electron chi connectivity index (χ3n) is 2.92. The van der Waals surface area contributed by atoms with Crippen LogP contribution in [-0.4, -0.2) is 6.04 Å². The van der Waals surface area contributed by atoms with Gasteiger partial charge in [0.15, 0.2) is 0 Å². The summed E-state index contributed by atoms with van der Waals surface area (Å²) < 4.78 is 19.5. The fourth-order valence-electron chi connectivity index (χ4n) is 1.93. The van der Waals surface area contributed by atoms with E-state index >= 15 is 0 Å². The van der Waals surface area contributed by atoms with Gasteiger partial charge in [0.2, 0.25) is 0 Å². The van der Waals surface area contributed by atoms with Gasteiger partial charge in [-0.25, -0.2) is 4.39 Å². The highest BCUT2D eigenvalue weighted by molar-refractivity contribution is 9.10. The van der Waals surface area contributed by atoms with Crippen molar-refractivity contribution in [1.29, 1.82) is 0 Å². The molecule has 0 aliphatic rings. The maximum absolute atomic E-state index is 13.1. The van der Waals surface area contributed by atoms with Crippen molar-refractivity contribution in [3.05, 3.63) is 57.8 Å². The van der Waals surface area contributed by atoms with Gasteiger partial charge in [0.1, 0.15) is 17.3 Å². The predicted molar refractivity (Wildman–Crippen MR) is 82.7 cm³/mol. The van der Waals surface area contributed by atoms with Gasteiger partial charge in [-0.3, -0.25) is 0 Å². The molecule has 2 aromatic rings. The molecule has 0 bridgehead atoms. The molecule has 0 fully saturated rings. The molecule has 0 spiro atoms. The average Bonchev–Trinajstić information content (AvgIpc) is 2.36. The molecule has 0 aliphatic heterocycles. The van der Waals surface area contributed by atoms with Crippen molar-refractivity contribution < 1.29 is 9.13 Å². The van der Waals surface area contributed by atoms with E-state index < -0.39 is 0 Å². The second-order valence-electron chi connectivity index (χ2n) is 4.96. The lowest BCUT2D eigenvalue weighted by Gasteiger charge is -2.13. The summed E-state index contributed by atoms with van der Waals surface area (Å²) in [4.78, 5) is 0. The minimum atomic E-state index is -0.299. The maximum Gasteiger partial charge on any atom is 0.141 e. The third kappa shape index (κ3) is 3.81. The number of hydrogen-bond donors (Lipinski definition) is 1. The highest BCUT2D eigenvalue weighted by Crippen LogP contribution is 2.32. The Morgan fingerprint density at radius 1 is 1.20 bits per heavy atom. The van der Waals surface area contributed by atoms with Crippen LogP contribution < -0.4 is 10.5 Å². The van der Waals surface area contributed by atoms with Gasteiger partial charge in [-0.2, -0.15) is 0 Å². The van der Waals surface area contributed by atoms with E-state index in [9.17, 15) is 4.39 Å². The molecule has 1 atom stereocenters. The van der Waals surface area contributed by atoms with E-state index in [0.29, 0.717) is 10.2 Å². The summed E-state index contributed by atoms with van der Waals surface area (Å²) >= 11 is 3.30. The lowest BCUT2D eigenvalue weighted by molar-refractivity contribution is 0.472. The van der Waals surface area contributed by atoms with Gasteiger partial charge >= 0.3 is 0 Å². The van der Waals surface area contributed by atoms with E-state index in [4.69, 9.17) is 10.5 Å². The summed E-state index contributed by atoms with van der Waals surface area (Å²) in [5.74, 6) is 1.05. The summed E-state index contributed by atoms with van der Waals surface area (Å²) in [7, 11) is 0. The van der Waals surface area contributed by atoms with E-state index in [1.165, 1.54) is 12.1 Å². The smallest absolute Gasteiger partial charge is 0.141 e. The largest absolute Gasteiger partial charge is 0.456 e. The lowest BCUT2D eigenvalue weighted by Crippen LogP contribution is -2.17. The Labute approximate surface area is 126 Å². The summed E-state index contributed by atoms with van der Waals surface area (Å²) in [5.41, 5.74) is 7.96. The summed E-state index contributed by atoms with van der Waals surface area (Å²) in [6.45, 7) is 3.94. The first kappa shape index (κ1) is 15.0. The first-order valence-electron chi connectivity index (χ1n) is 6.43. The molecule has 2 aromatic carbocycles. The van der Waals surface area contributed by atoms with E-state index in [0.717, 1.165) is 23.3 Å². The molecule has 0 aromatic heterocycles. The zero-order chi connectivity index (χ0) is 14.7. The fourth-order valence-corrected chi connectivity index (χ4v) is 2.36. The number of nitrogens with two attached hydrogens (primary N) is 1. The van der Waals surface area contributed by atoms with Gasteiger partial charge in [-0.15, -0.1) is 0 Å². The molecule has 4 heteroatoms. The van der Waals surface area contributed by atoms with Crippen LogP contribution in [-0.2, 0) is 6.42 Å². The molecular formula is C16H17BrFNO. The Morgan fingerprint density at radius 3 is 2.60 bits per heavy atom. The van der Waals surface area contributed by atoms with E-state index in [1.807, 2.05) is 32.0 Å². The molecule has 2 nitrogen and oxygen atoms in total. The van der Waals surface area contributed by atoms with Crippen LogP contribution in [0.25, 0.3) is 0 Å². The van der Waals surface area contributed by atoms with Crippen molar-refractivity contribution in [2.75, 3.05) is 0 Å². The molecule has 0 saturated heterocycles. The molecule has 0 aliphatic carbocycles. The van der Waals surface area contributed by atoms with Crippen molar-refractivity contribution in [2.45, 2.75) is 26.3 Å². The monoisotopic (exact) mass is 337 g/mol. The quantitative estimate of drug-likeness (QED) is 0.886. The van der Waals surface area contributed by atoms with Crippen molar-refractivity contribution in [2.24, 2.45) is 5.73 Å². The highest BCUT2D eigenvalue weighted by atomic mass is 79.9. The Balaban J connectivity index is 2.27. The number of hydrogen-bond acceptors (Lipinski definition) is 2. The molecule has 0 heterocycles. The minimum Gasteiger partial charge on any atom is -0.456 e. The van der Waals surface area contributed by atoms with Crippen molar-refractivity contribution in [3.63, 3.8) is 0 Å². The molecule has 0 radical (unpaired) electrons. The van der Waals surface area contributed by atoms with Gasteiger partial charge in [-0.1, -0.05) is 12.1 Å². The summed E-state index contributed by atoms with van der Waals surface area (Å²) in [5, 5.41) is 0. The van der Waals surface area contributed by atoms with E-state index in [-0.39, 0.29) is 11.9 Å². The van der Waals surface area contributed by atoms with Gasteiger partial charge in [0.25, 0.3) is 0 Å². The van der Waals surface area contributed by atoms with Crippen molar-refractivity contribution in [1.82, 2.24) is 0 Å². The molecule has 0 amide bonds. The molecule has 2 N–H and O–H groups in total. The Kier molecular flexibility index (Phi) is 4.78. The van der Waals surface area contributed by atoms with Crippen molar-refractivity contribution >= 4 is 15.9 Å². The van der Waals surface area contributed by atoms with E-state index in [1.54, 1.807) is 6.07 Å². The molecule has 20 heavy (non-hydrogen) atoms. The van der Waals surface area contributed by atoms with E-state index in [2.05, 4.69) is 15.9 Å². The second-order valence-corrected chi connectivity index (χ2v) is 5.81. The molecule has 2 rings (SSSR count). The average molecular weight is 338 g/mol. The second kappa shape index (κ2) is 6.37. The number of rotatable bonds is 4. The first-order valence-corrected chi connectivity index (χ1v) is 7.23. The Morgan fingerprint density at radius 2 is 1.95 bits per heavy atom. The Bertz CT molecular complexity index is 613. The van der Waals surface area contributed by atoms with Crippen LogP contribution in [0.3, 0.4) is 0 Å². The third-order valence-corrected chi connectivity index (χ3v) is 3.54. The van der Waals surface area contributed by atoms with Crippen LogP contribution in [0.5, 0.6) is 11.5 Å². The summed E-state index contributed by atoms with van der Waals surface area (Å²) in [6, 6.07) is 10.5. The minimum absolute atomic E-state index is 0.100. The number of ether oxygens (including phenoxy) is 1. The zero-order valence-electron chi connectivity index (χ0n) is 11.5. The fraction of sp³-hybridized carbons (Fsp3) is 0.250. The highest BCUT2D eigenvalue weighted by Gasteiger charge is 2.08. The van der Waals surface area contributed by atoms with Gasteiger partial charge in [0, 0.05) is 6.04 Å². The van der Waals surface area contributed by atoms with Gasteiger partial charge in [0.05, 0.1) is 4.47 Å². The Hall–Kier alpha value is -1.39. The van der Waals surface area contributed by atoms with Crippen LogP contribution in [0.1, 0.15) is 18.1 Å². The topological polar surface area (TPSA) is 35.2 Å². The SMILES string of the molecule is Cc1ccc(CC(C)N)cc1Oc1ccc(F)cc1Br. The van der Waals surface area contributed by atoms with Crippen LogP contribution in [0.2, 0.25) is 0 Å². The molecular weight excluding hydrogens is 321 g/mol. The number of benzene rings is 2. The lowest BCUT2D eigenvalue weighted by atomic mass is 10.1. The number of halogens is 2. The van der Waals surface area contributed by atoms with Crippen molar-refractivity contribution in [3.8, 4) is 11.5 Å². The summed E-state index contributed by atoms with van der Waals surface area (Å²) in [6.07, 6.45) is 0.793. The zero-order valence-corrected chi connectivity index (χ0v) is 13.1. The van der Waals surface area contributed by atoms with Crippen LogP contribution in [0, 0.1) is 12.7 Å². The maximum atomic E-state index is 13.1. The standard InChI is InChI=1S/C16H17BrFNO/c1-10-3-4-12(7-11(2)19)8-16(10)20-15-6-5-13(18)9-14(15)17/h3-6,8-9,11H,7,19H2,1-2H3. The molecule has 1 unspecified atom stereocenters. The van der Waals surface area contributed by atoms with Gasteiger partial charge < -0.3 is 10.5 Å². The predicted octanol–water partition coefficient (Wildman–Crippen LogP) is 4.58. The van der Waals surface area contributed by atoms with Crippen LogP contribution in [0.4, 0.5) is 4.39 Å². The van der Waals surface area contributed by atoms with Gasteiger partial charge in [-0.05, 0) is 71.6 Å². The number of aryl methyl sites for hydroxylation is 1. The molecule has 106 valence electrons. The van der Waals surface area contributed by atoms with Crippen LogP contribution in [0.15, 0.2) is 40.9 Å². The first-order chi connectivity index (χ1) is 9.45.